The molecule has 0 aromatic heterocycles. The zero-order chi connectivity index (χ0) is 25.5. The molecule has 2 aliphatic rings. The van der Waals surface area contributed by atoms with Crippen molar-refractivity contribution in [3.8, 4) is 11.5 Å². The first-order chi connectivity index (χ1) is 17.4. The van der Waals surface area contributed by atoms with Gasteiger partial charge in [0.05, 0.1) is 24.7 Å². The second-order valence-electron chi connectivity index (χ2n) is 9.43. The Kier molecular flexibility index (Phi) is 8.75. The number of hydrogen-bond donors (Lipinski definition) is 0. The number of fused-ring (bicyclic) bond motifs is 1. The molecule has 8 heteroatoms. The lowest BCUT2D eigenvalue weighted by molar-refractivity contribution is -0.177. The molecule has 1 fully saturated rings. The summed E-state index contributed by atoms with van der Waals surface area (Å²) in [5, 5.41) is 0.462. The van der Waals surface area contributed by atoms with Crippen molar-refractivity contribution < 1.29 is 23.8 Å². The summed E-state index contributed by atoms with van der Waals surface area (Å²) < 4.78 is 18.0. The standard InChI is InChI=1S/C28H35ClN2O5/c1-3-30-14-16-34-24-10-5-4-8-22(24)9-6-7-13-28(27(30)33)20-31(15-17-36-28)26(32)19-35-25-18-21(2)11-12-23(25)29/h4-5,8,10-12,18H,3,6-7,9,13-17,19-20H2,1-2H3. The van der Waals surface area contributed by atoms with Gasteiger partial charge < -0.3 is 24.0 Å². The lowest BCUT2D eigenvalue weighted by atomic mass is 9.91. The van der Waals surface area contributed by atoms with Crippen molar-refractivity contribution in [3.05, 3.63) is 58.6 Å². The van der Waals surface area contributed by atoms with Gasteiger partial charge in [0.2, 0.25) is 0 Å². The molecule has 7 nitrogen and oxygen atoms in total. The summed E-state index contributed by atoms with van der Waals surface area (Å²) in [4.78, 5) is 30.4. The van der Waals surface area contributed by atoms with Crippen LogP contribution in [0, 0.1) is 6.92 Å². The quantitative estimate of drug-likeness (QED) is 0.609. The molecule has 2 aromatic carbocycles. The van der Waals surface area contributed by atoms with Gasteiger partial charge >= 0.3 is 0 Å². The Labute approximate surface area is 218 Å². The van der Waals surface area contributed by atoms with Gasteiger partial charge in [0.15, 0.2) is 12.2 Å². The van der Waals surface area contributed by atoms with Gasteiger partial charge in [-0.05, 0) is 68.9 Å². The van der Waals surface area contributed by atoms with Crippen LogP contribution in [0.3, 0.4) is 0 Å². The third kappa shape index (κ3) is 6.13. The zero-order valence-electron chi connectivity index (χ0n) is 21.1. The summed E-state index contributed by atoms with van der Waals surface area (Å²) in [5.41, 5.74) is 1.11. The molecule has 0 radical (unpaired) electrons. The second kappa shape index (κ2) is 12.0. The van der Waals surface area contributed by atoms with E-state index >= 15 is 0 Å². The van der Waals surface area contributed by atoms with Crippen LogP contribution in [0.4, 0.5) is 0 Å². The summed E-state index contributed by atoms with van der Waals surface area (Å²) in [7, 11) is 0. The lowest BCUT2D eigenvalue weighted by Gasteiger charge is -2.44. The highest BCUT2D eigenvalue weighted by Gasteiger charge is 2.46. The molecule has 1 unspecified atom stereocenters. The van der Waals surface area contributed by atoms with E-state index in [-0.39, 0.29) is 25.0 Å². The molecule has 2 aliphatic heterocycles. The maximum atomic E-state index is 13.8. The van der Waals surface area contributed by atoms with E-state index in [2.05, 4.69) is 6.07 Å². The minimum Gasteiger partial charge on any atom is -0.491 e. The van der Waals surface area contributed by atoms with E-state index in [1.165, 1.54) is 5.56 Å². The zero-order valence-corrected chi connectivity index (χ0v) is 21.9. The highest BCUT2D eigenvalue weighted by molar-refractivity contribution is 6.32. The summed E-state index contributed by atoms with van der Waals surface area (Å²) in [5.74, 6) is 1.10. The van der Waals surface area contributed by atoms with Gasteiger partial charge in [-0.25, -0.2) is 0 Å². The summed E-state index contributed by atoms with van der Waals surface area (Å²) in [6, 6.07) is 13.5. The van der Waals surface area contributed by atoms with Crippen LogP contribution >= 0.6 is 11.6 Å². The normalized spacial score (nSPS) is 21.2. The van der Waals surface area contributed by atoms with E-state index in [9.17, 15) is 9.59 Å². The molecule has 2 amide bonds. The molecule has 36 heavy (non-hydrogen) atoms. The molecule has 0 bridgehead atoms. The molecule has 1 atom stereocenters. The highest BCUT2D eigenvalue weighted by atomic mass is 35.5. The topological polar surface area (TPSA) is 68.3 Å². The number of ether oxygens (including phenoxy) is 3. The number of hydrogen-bond acceptors (Lipinski definition) is 5. The average molecular weight is 515 g/mol. The van der Waals surface area contributed by atoms with Gasteiger partial charge in [0.1, 0.15) is 18.1 Å². The van der Waals surface area contributed by atoms with Crippen molar-refractivity contribution in [3.63, 3.8) is 0 Å². The van der Waals surface area contributed by atoms with Gasteiger partial charge in [-0.3, -0.25) is 9.59 Å². The predicted molar refractivity (Wildman–Crippen MR) is 139 cm³/mol. The second-order valence-corrected chi connectivity index (χ2v) is 9.84. The van der Waals surface area contributed by atoms with Crippen LogP contribution in [0.2, 0.25) is 5.02 Å². The minimum absolute atomic E-state index is 0.0809. The fraction of sp³-hybridized carbons (Fsp3) is 0.500. The fourth-order valence-corrected chi connectivity index (χ4v) is 5.04. The minimum atomic E-state index is -1.07. The molecule has 194 valence electrons. The number of carbonyl (C=O) groups is 2. The number of rotatable bonds is 4. The third-order valence-electron chi connectivity index (χ3n) is 6.90. The number of amides is 2. The van der Waals surface area contributed by atoms with E-state index in [1.807, 2.05) is 44.2 Å². The maximum Gasteiger partial charge on any atom is 0.260 e. The fourth-order valence-electron chi connectivity index (χ4n) is 4.87. The first-order valence-electron chi connectivity index (χ1n) is 12.7. The number of morpholine rings is 1. The number of halogens is 1. The Bertz CT molecular complexity index is 1080. The van der Waals surface area contributed by atoms with Gasteiger partial charge in [-0.2, -0.15) is 0 Å². The molecular weight excluding hydrogens is 480 g/mol. The van der Waals surface area contributed by atoms with E-state index < -0.39 is 5.60 Å². The number of para-hydroxylation sites is 1. The highest BCUT2D eigenvalue weighted by Crippen LogP contribution is 2.30. The molecule has 0 N–H and O–H groups in total. The van der Waals surface area contributed by atoms with Crippen LogP contribution in [0.25, 0.3) is 0 Å². The van der Waals surface area contributed by atoms with Crippen LogP contribution < -0.4 is 9.47 Å². The van der Waals surface area contributed by atoms with Crippen LogP contribution in [0.15, 0.2) is 42.5 Å². The molecule has 0 saturated carbocycles. The van der Waals surface area contributed by atoms with Crippen molar-refractivity contribution in [2.24, 2.45) is 0 Å². The van der Waals surface area contributed by atoms with Crippen LogP contribution in [0.1, 0.15) is 37.3 Å². The van der Waals surface area contributed by atoms with E-state index in [0.29, 0.717) is 50.0 Å². The van der Waals surface area contributed by atoms with Crippen molar-refractivity contribution in [1.82, 2.24) is 9.80 Å². The first-order valence-corrected chi connectivity index (χ1v) is 13.1. The summed E-state index contributed by atoms with van der Waals surface area (Å²) in [6.07, 6.45) is 3.12. The molecular formula is C28H35ClN2O5. The molecule has 0 aliphatic carbocycles. The molecule has 2 heterocycles. The van der Waals surface area contributed by atoms with Gasteiger partial charge in [0, 0.05) is 13.1 Å². The number of likely N-dealkylation sites (N-methyl/N-ethyl adjacent to an activating group) is 1. The molecule has 2 aromatic rings. The number of carbonyl (C=O) groups excluding carboxylic acids is 2. The summed E-state index contributed by atoms with van der Waals surface area (Å²) >= 11 is 6.22. The van der Waals surface area contributed by atoms with E-state index in [0.717, 1.165) is 30.6 Å². The average Bonchev–Trinajstić information content (AvgIpc) is 2.89. The van der Waals surface area contributed by atoms with Gasteiger partial charge in [-0.1, -0.05) is 35.9 Å². The van der Waals surface area contributed by atoms with Gasteiger partial charge in [0.25, 0.3) is 11.8 Å². The number of benzene rings is 2. The Balaban J connectivity index is 1.48. The Morgan fingerprint density at radius 1 is 1.14 bits per heavy atom. The molecule has 4 rings (SSSR count). The Hall–Kier alpha value is -2.77. The molecule has 1 spiro atoms. The predicted octanol–water partition coefficient (Wildman–Crippen LogP) is 4.28. The smallest absolute Gasteiger partial charge is 0.260 e. The van der Waals surface area contributed by atoms with Crippen molar-refractivity contribution in [2.45, 2.75) is 45.1 Å². The SMILES string of the molecule is CCN1CCOc2ccccc2CCCCC2(CN(C(=O)COc3cc(C)ccc3Cl)CCO2)C1=O. The number of aryl methyl sites for hydroxylation is 2. The Morgan fingerprint density at radius 2 is 1.97 bits per heavy atom. The van der Waals surface area contributed by atoms with E-state index in [1.54, 1.807) is 15.9 Å². The van der Waals surface area contributed by atoms with Crippen LogP contribution in [0.5, 0.6) is 11.5 Å². The number of nitrogens with zero attached hydrogens (tertiary/aromatic N) is 2. The van der Waals surface area contributed by atoms with E-state index in [4.69, 9.17) is 25.8 Å². The van der Waals surface area contributed by atoms with Crippen LogP contribution in [-0.4, -0.2) is 73.2 Å². The first kappa shape index (κ1) is 26.3. The maximum absolute atomic E-state index is 13.8. The summed E-state index contributed by atoms with van der Waals surface area (Å²) in [6.45, 7) is 6.09. The van der Waals surface area contributed by atoms with Crippen molar-refractivity contribution >= 4 is 23.4 Å². The lowest BCUT2D eigenvalue weighted by Crippen LogP contribution is -2.62. The van der Waals surface area contributed by atoms with Crippen LogP contribution in [-0.2, 0) is 20.7 Å². The Morgan fingerprint density at radius 3 is 2.81 bits per heavy atom. The third-order valence-corrected chi connectivity index (χ3v) is 7.22. The largest absolute Gasteiger partial charge is 0.491 e. The van der Waals surface area contributed by atoms with Gasteiger partial charge in [-0.15, -0.1) is 0 Å². The monoisotopic (exact) mass is 514 g/mol. The van der Waals surface area contributed by atoms with Crippen molar-refractivity contribution in [2.75, 3.05) is 46.0 Å². The van der Waals surface area contributed by atoms with Crippen molar-refractivity contribution in [1.29, 1.82) is 0 Å². The molecule has 1 saturated heterocycles.